The van der Waals surface area contributed by atoms with Crippen molar-refractivity contribution in [1.29, 1.82) is 0 Å². The first kappa shape index (κ1) is 17.0. The fraction of sp³-hybridized carbons (Fsp3) is 0.500. The van der Waals surface area contributed by atoms with E-state index in [1.54, 1.807) is 14.0 Å². The van der Waals surface area contributed by atoms with Gasteiger partial charge in [-0.15, -0.1) is 0 Å². The summed E-state index contributed by atoms with van der Waals surface area (Å²) in [5, 5.41) is 0. The Hall–Kier alpha value is -2.04. The summed E-state index contributed by atoms with van der Waals surface area (Å²) in [6, 6.07) is 7.69. The average molecular weight is 293 g/mol. The van der Waals surface area contributed by atoms with E-state index in [9.17, 15) is 9.59 Å². The highest BCUT2D eigenvalue weighted by atomic mass is 16.5. The summed E-state index contributed by atoms with van der Waals surface area (Å²) >= 11 is 0. The predicted octanol–water partition coefficient (Wildman–Crippen LogP) is 2.04. The van der Waals surface area contributed by atoms with Gasteiger partial charge in [-0.2, -0.15) is 0 Å². The number of aryl methyl sites for hydroxylation is 1. The zero-order valence-electron chi connectivity index (χ0n) is 12.9. The van der Waals surface area contributed by atoms with Crippen LogP contribution in [0.4, 0.5) is 0 Å². The number of nitrogens with zero attached hydrogens (tertiary/aromatic N) is 1. The Balaban J connectivity index is 2.39. The van der Waals surface area contributed by atoms with Crippen LogP contribution in [0.25, 0.3) is 0 Å². The monoisotopic (exact) mass is 293 g/mol. The van der Waals surface area contributed by atoms with Crippen LogP contribution in [0.3, 0.4) is 0 Å². The van der Waals surface area contributed by atoms with E-state index in [-0.39, 0.29) is 19.1 Å². The topological polar surface area (TPSA) is 55.8 Å². The molecule has 5 nitrogen and oxygen atoms in total. The molecule has 116 valence electrons. The highest BCUT2D eigenvalue weighted by Crippen LogP contribution is 2.13. The van der Waals surface area contributed by atoms with Crippen LogP contribution < -0.4 is 4.74 Å². The first-order valence-electron chi connectivity index (χ1n) is 7.18. The van der Waals surface area contributed by atoms with Crippen molar-refractivity contribution in [3.05, 3.63) is 29.8 Å². The first-order valence-corrected chi connectivity index (χ1v) is 7.18. The van der Waals surface area contributed by atoms with Crippen LogP contribution in [0, 0.1) is 0 Å². The Morgan fingerprint density at radius 2 is 1.81 bits per heavy atom. The molecular weight excluding hydrogens is 270 g/mol. The minimum absolute atomic E-state index is 0.0640. The van der Waals surface area contributed by atoms with E-state index in [2.05, 4.69) is 6.92 Å². The molecule has 1 rings (SSSR count). The lowest BCUT2D eigenvalue weighted by Crippen LogP contribution is -2.36. The largest absolute Gasteiger partial charge is 0.484 e. The second kappa shape index (κ2) is 9.00. The summed E-state index contributed by atoms with van der Waals surface area (Å²) in [6.45, 7) is 4.00. The second-order valence-electron chi connectivity index (χ2n) is 4.74. The van der Waals surface area contributed by atoms with Gasteiger partial charge in [0.2, 0.25) is 0 Å². The maximum absolute atomic E-state index is 11.8. The quantitative estimate of drug-likeness (QED) is 0.688. The third kappa shape index (κ3) is 6.29. The molecule has 0 atom stereocenters. The maximum atomic E-state index is 11.8. The minimum Gasteiger partial charge on any atom is -0.484 e. The summed E-state index contributed by atoms with van der Waals surface area (Å²) in [5.41, 5.74) is 1.25. The minimum atomic E-state index is -0.419. The van der Waals surface area contributed by atoms with Crippen molar-refractivity contribution < 1.29 is 19.1 Å². The van der Waals surface area contributed by atoms with Gasteiger partial charge >= 0.3 is 5.97 Å². The molecule has 0 heterocycles. The average Bonchev–Trinajstić information content (AvgIpc) is 2.46. The van der Waals surface area contributed by atoms with E-state index in [1.807, 2.05) is 24.3 Å². The Labute approximate surface area is 125 Å². The molecule has 1 aromatic rings. The summed E-state index contributed by atoms with van der Waals surface area (Å²) in [5.74, 6) is -0.0364. The van der Waals surface area contributed by atoms with Gasteiger partial charge in [0.1, 0.15) is 12.3 Å². The number of likely N-dealkylation sites (N-methyl/N-ethyl adjacent to an activating group) is 1. The van der Waals surface area contributed by atoms with E-state index in [0.29, 0.717) is 12.4 Å². The van der Waals surface area contributed by atoms with E-state index in [4.69, 9.17) is 9.47 Å². The second-order valence-corrected chi connectivity index (χ2v) is 4.74. The maximum Gasteiger partial charge on any atom is 0.325 e. The van der Waals surface area contributed by atoms with Crippen molar-refractivity contribution in [2.24, 2.45) is 0 Å². The van der Waals surface area contributed by atoms with Crippen LogP contribution >= 0.6 is 0 Å². The molecule has 0 unspecified atom stereocenters. The zero-order valence-corrected chi connectivity index (χ0v) is 12.9. The van der Waals surface area contributed by atoms with E-state index in [0.717, 1.165) is 12.8 Å². The van der Waals surface area contributed by atoms with Crippen LogP contribution in [0.2, 0.25) is 0 Å². The molecule has 0 aliphatic carbocycles. The molecule has 0 radical (unpaired) electrons. The standard InChI is InChI=1S/C16H23NO4/c1-4-6-13-7-9-14(10-8-13)21-12-15(18)17(3)11-16(19)20-5-2/h7-10H,4-6,11-12H2,1-3H3. The number of ether oxygens (including phenoxy) is 2. The van der Waals surface area contributed by atoms with Gasteiger partial charge < -0.3 is 14.4 Å². The molecule has 1 aromatic carbocycles. The molecule has 21 heavy (non-hydrogen) atoms. The summed E-state index contributed by atoms with van der Waals surface area (Å²) < 4.78 is 10.2. The number of carbonyl (C=O) groups is 2. The first-order chi connectivity index (χ1) is 10.1. The number of hydrogen-bond acceptors (Lipinski definition) is 4. The highest BCUT2D eigenvalue weighted by Gasteiger charge is 2.14. The molecule has 0 spiro atoms. The Morgan fingerprint density at radius 3 is 2.38 bits per heavy atom. The van der Waals surface area contributed by atoms with Crippen molar-refractivity contribution in [3.63, 3.8) is 0 Å². The van der Waals surface area contributed by atoms with Crippen molar-refractivity contribution in [2.75, 3.05) is 26.8 Å². The van der Waals surface area contributed by atoms with Crippen LogP contribution in [-0.4, -0.2) is 43.6 Å². The SMILES string of the molecule is CCCc1ccc(OCC(=O)N(C)CC(=O)OCC)cc1. The third-order valence-electron chi connectivity index (χ3n) is 2.92. The zero-order chi connectivity index (χ0) is 15.7. The molecule has 0 aliphatic heterocycles. The van der Waals surface area contributed by atoms with Gasteiger partial charge in [0.15, 0.2) is 6.61 Å². The number of amides is 1. The number of carbonyl (C=O) groups excluding carboxylic acids is 2. The lowest BCUT2D eigenvalue weighted by atomic mass is 10.1. The number of benzene rings is 1. The molecule has 0 aliphatic rings. The molecule has 0 fully saturated rings. The summed E-state index contributed by atoms with van der Waals surface area (Å²) in [4.78, 5) is 24.4. The number of esters is 1. The van der Waals surface area contributed by atoms with Gasteiger partial charge in [-0.1, -0.05) is 25.5 Å². The van der Waals surface area contributed by atoms with Crippen molar-refractivity contribution >= 4 is 11.9 Å². The van der Waals surface area contributed by atoms with Crippen LogP contribution in [0.15, 0.2) is 24.3 Å². The van der Waals surface area contributed by atoms with Gasteiger partial charge in [0, 0.05) is 7.05 Å². The fourth-order valence-corrected chi connectivity index (χ4v) is 1.78. The van der Waals surface area contributed by atoms with Crippen LogP contribution in [0.1, 0.15) is 25.8 Å². The molecule has 0 aromatic heterocycles. The molecule has 5 heteroatoms. The Kier molecular flexibility index (Phi) is 7.29. The van der Waals surface area contributed by atoms with Gasteiger partial charge in [0.05, 0.1) is 6.61 Å². The summed E-state index contributed by atoms with van der Waals surface area (Å²) in [7, 11) is 1.55. The highest BCUT2D eigenvalue weighted by molar-refractivity contribution is 5.82. The van der Waals surface area contributed by atoms with Gasteiger partial charge in [-0.3, -0.25) is 9.59 Å². The van der Waals surface area contributed by atoms with Gasteiger partial charge in [-0.25, -0.2) is 0 Å². The van der Waals surface area contributed by atoms with Crippen molar-refractivity contribution in [1.82, 2.24) is 4.90 Å². The molecule has 0 saturated heterocycles. The molecular formula is C16H23NO4. The number of hydrogen-bond donors (Lipinski definition) is 0. The lowest BCUT2D eigenvalue weighted by Gasteiger charge is -2.16. The van der Waals surface area contributed by atoms with Crippen LogP contribution in [0.5, 0.6) is 5.75 Å². The van der Waals surface area contributed by atoms with Crippen LogP contribution in [-0.2, 0) is 20.7 Å². The van der Waals surface area contributed by atoms with E-state index >= 15 is 0 Å². The van der Waals surface area contributed by atoms with E-state index < -0.39 is 5.97 Å². The normalized spacial score (nSPS) is 10.0. The van der Waals surface area contributed by atoms with Crippen molar-refractivity contribution in [2.45, 2.75) is 26.7 Å². The number of rotatable bonds is 8. The smallest absolute Gasteiger partial charge is 0.325 e. The molecule has 0 bridgehead atoms. The third-order valence-corrected chi connectivity index (χ3v) is 2.92. The Morgan fingerprint density at radius 1 is 1.14 bits per heavy atom. The summed E-state index contributed by atoms with van der Waals surface area (Å²) in [6.07, 6.45) is 2.12. The Bertz CT molecular complexity index is 456. The molecule has 0 N–H and O–H groups in total. The van der Waals surface area contributed by atoms with Gasteiger partial charge in [-0.05, 0) is 31.0 Å². The van der Waals surface area contributed by atoms with Crippen molar-refractivity contribution in [3.8, 4) is 5.75 Å². The molecule has 0 saturated carbocycles. The van der Waals surface area contributed by atoms with E-state index in [1.165, 1.54) is 10.5 Å². The molecule has 1 amide bonds. The fourth-order valence-electron chi connectivity index (χ4n) is 1.78. The van der Waals surface area contributed by atoms with Gasteiger partial charge in [0.25, 0.3) is 5.91 Å². The predicted molar refractivity (Wildman–Crippen MR) is 80.2 cm³/mol. The lowest BCUT2D eigenvalue weighted by molar-refractivity contribution is -0.148.